The first-order valence-corrected chi connectivity index (χ1v) is 10.4. The normalized spacial score (nSPS) is 20.9. The van der Waals surface area contributed by atoms with Crippen LogP contribution in [0, 0.1) is 0 Å². The van der Waals surface area contributed by atoms with Crippen molar-refractivity contribution in [3.8, 4) is 0 Å². The number of carbonyl (C=O) groups excluding carboxylic acids is 2. The summed E-state index contributed by atoms with van der Waals surface area (Å²) >= 11 is 0. The number of ether oxygens (including phenoxy) is 1. The molecule has 1 aromatic carbocycles. The van der Waals surface area contributed by atoms with E-state index in [2.05, 4.69) is 5.32 Å². The lowest BCUT2D eigenvalue weighted by atomic mass is 10.2. The van der Waals surface area contributed by atoms with Crippen LogP contribution in [0.15, 0.2) is 29.2 Å². The van der Waals surface area contributed by atoms with E-state index in [1.165, 1.54) is 40.5 Å². The Morgan fingerprint density at radius 2 is 1.74 bits per heavy atom. The molecule has 0 unspecified atom stereocenters. The van der Waals surface area contributed by atoms with Gasteiger partial charge in [-0.05, 0) is 45.0 Å². The monoisotopic (exact) mass is 397 g/mol. The quantitative estimate of drug-likeness (QED) is 0.762. The lowest BCUT2D eigenvalue weighted by Gasteiger charge is -2.34. The number of morpholine rings is 1. The van der Waals surface area contributed by atoms with Crippen molar-refractivity contribution in [2.45, 2.75) is 37.9 Å². The lowest BCUT2D eigenvalue weighted by Crippen LogP contribution is -2.48. The number of nitrogens with zero attached hydrogens (tertiary/aromatic N) is 2. The Labute approximate surface area is 160 Å². The van der Waals surface area contributed by atoms with E-state index in [0.717, 1.165) is 0 Å². The van der Waals surface area contributed by atoms with Crippen LogP contribution in [0.3, 0.4) is 0 Å². The van der Waals surface area contributed by atoms with E-state index < -0.39 is 10.0 Å². The fourth-order valence-corrected chi connectivity index (χ4v) is 4.60. The van der Waals surface area contributed by atoms with Gasteiger partial charge in [0.25, 0.3) is 5.91 Å². The molecule has 0 bridgehead atoms. The van der Waals surface area contributed by atoms with Crippen molar-refractivity contribution in [2.75, 3.05) is 33.2 Å². The summed E-state index contributed by atoms with van der Waals surface area (Å²) < 4.78 is 32.7. The predicted octanol–water partition coefficient (Wildman–Crippen LogP) is 0.693. The molecule has 2 rings (SSSR count). The van der Waals surface area contributed by atoms with Crippen molar-refractivity contribution >= 4 is 21.8 Å². The molecule has 0 spiro atoms. The Bertz CT molecular complexity index is 769. The highest BCUT2D eigenvalue weighted by molar-refractivity contribution is 7.89. The van der Waals surface area contributed by atoms with Crippen molar-refractivity contribution in [1.82, 2.24) is 14.5 Å². The van der Waals surface area contributed by atoms with Gasteiger partial charge in [0.15, 0.2) is 0 Å². The first kappa shape index (κ1) is 21.3. The first-order chi connectivity index (χ1) is 12.7. The highest BCUT2D eigenvalue weighted by atomic mass is 32.2. The Kier molecular flexibility index (Phi) is 6.96. The molecule has 150 valence electrons. The molecule has 0 radical (unpaired) electrons. The third-order valence-electron chi connectivity index (χ3n) is 4.41. The van der Waals surface area contributed by atoms with E-state index in [0.29, 0.717) is 25.2 Å². The molecular weight excluding hydrogens is 370 g/mol. The van der Waals surface area contributed by atoms with Crippen LogP contribution in [0.4, 0.5) is 0 Å². The Balaban J connectivity index is 2.18. The maximum Gasteiger partial charge on any atom is 0.254 e. The fraction of sp³-hybridized carbons (Fsp3) is 0.556. The fourth-order valence-electron chi connectivity index (χ4n) is 3.01. The first-order valence-electron chi connectivity index (χ1n) is 8.94. The molecule has 0 saturated carbocycles. The molecule has 1 aromatic rings. The molecule has 1 saturated heterocycles. The van der Waals surface area contributed by atoms with Gasteiger partial charge in [-0.3, -0.25) is 9.59 Å². The van der Waals surface area contributed by atoms with Gasteiger partial charge in [-0.1, -0.05) is 0 Å². The molecule has 1 aliphatic rings. The van der Waals surface area contributed by atoms with Crippen LogP contribution in [-0.4, -0.2) is 74.9 Å². The summed E-state index contributed by atoms with van der Waals surface area (Å²) in [6.07, 6.45) is -0.348. The van der Waals surface area contributed by atoms with E-state index in [1.54, 1.807) is 6.92 Å². The number of sulfonamides is 1. The summed E-state index contributed by atoms with van der Waals surface area (Å²) in [5.74, 6) is -0.585. The third-order valence-corrected chi connectivity index (χ3v) is 6.25. The van der Waals surface area contributed by atoms with E-state index >= 15 is 0 Å². The maximum atomic E-state index is 12.9. The molecule has 2 amide bonds. The maximum absolute atomic E-state index is 12.9. The summed E-state index contributed by atoms with van der Waals surface area (Å²) in [6, 6.07) is 5.83. The zero-order chi connectivity index (χ0) is 20.2. The molecule has 0 aromatic heterocycles. The molecule has 1 fully saturated rings. The van der Waals surface area contributed by atoms with Crippen molar-refractivity contribution < 1.29 is 22.7 Å². The van der Waals surface area contributed by atoms with Crippen LogP contribution in [0.5, 0.6) is 0 Å². The number of likely N-dealkylation sites (N-methyl/N-ethyl adjacent to an activating group) is 2. The molecule has 0 aliphatic carbocycles. The van der Waals surface area contributed by atoms with Crippen LogP contribution in [0.1, 0.15) is 31.1 Å². The minimum atomic E-state index is -3.65. The number of amides is 2. The molecule has 2 atom stereocenters. The largest absolute Gasteiger partial charge is 0.373 e. The minimum Gasteiger partial charge on any atom is -0.373 e. The second kappa shape index (κ2) is 8.81. The predicted molar refractivity (Wildman–Crippen MR) is 101 cm³/mol. The average Bonchev–Trinajstić information content (AvgIpc) is 2.64. The number of nitrogens with one attached hydrogen (secondary N) is 1. The summed E-state index contributed by atoms with van der Waals surface area (Å²) in [4.78, 5) is 25.6. The van der Waals surface area contributed by atoms with Crippen molar-refractivity contribution in [3.63, 3.8) is 0 Å². The molecule has 1 aliphatic heterocycles. The molecule has 1 N–H and O–H groups in total. The van der Waals surface area contributed by atoms with Gasteiger partial charge < -0.3 is 15.0 Å². The average molecular weight is 397 g/mol. The number of hydrogen-bond donors (Lipinski definition) is 1. The van der Waals surface area contributed by atoms with Crippen molar-refractivity contribution in [3.05, 3.63) is 29.8 Å². The zero-order valence-electron chi connectivity index (χ0n) is 16.1. The molecule has 8 nitrogen and oxygen atoms in total. The van der Waals surface area contributed by atoms with Crippen LogP contribution in [-0.2, 0) is 19.6 Å². The number of rotatable bonds is 6. The van der Waals surface area contributed by atoms with Crippen LogP contribution in [0.2, 0.25) is 0 Å². The number of hydrogen-bond acceptors (Lipinski definition) is 5. The highest BCUT2D eigenvalue weighted by Gasteiger charge is 2.32. The Hall–Kier alpha value is -1.97. The van der Waals surface area contributed by atoms with Gasteiger partial charge in [0, 0.05) is 32.2 Å². The Morgan fingerprint density at radius 1 is 1.19 bits per heavy atom. The van der Waals surface area contributed by atoms with Gasteiger partial charge in [-0.15, -0.1) is 0 Å². The number of benzene rings is 1. The van der Waals surface area contributed by atoms with Crippen molar-refractivity contribution in [2.24, 2.45) is 0 Å². The smallest absolute Gasteiger partial charge is 0.254 e. The van der Waals surface area contributed by atoms with Gasteiger partial charge in [-0.25, -0.2) is 8.42 Å². The SMILES string of the molecule is CCN(CC(=O)NC)C(=O)c1ccc(S(=O)(=O)N2C[C@H](C)O[C@@H](C)C2)cc1. The van der Waals surface area contributed by atoms with Gasteiger partial charge in [-0.2, -0.15) is 4.31 Å². The second-order valence-electron chi connectivity index (χ2n) is 6.60. The van der Waals surface area contributed by atoms with Crippen molar-refractivity contribution in [1.29, 1.82) is 0 Å². The van der Waals surface area contributed by atoms with E-state index in [1.807, 2.05) is 13.8 Å². The van der Waals surface area contributed by atoms with E-state index in [9.17, 15) is 18.0 Å². The van der Waals surface area contributed by atoms with E-state index in [4.69, 9.17) is 4.74 Å². The van der Waals surface area contributed by atoms with E-state index in [-0.39, 0.29) is 35.5 Å². The molecule has 27 heavy (non-hydrogen) atoms. The summed E-state index contributed by atoms with van der Waals surface area (Å²) in [5.41, 5.74) is 0.336. The van der Waals surface area contributed by atoms with Gasteiger partial charge in [0.05, 0.1) is 23.6 Å². The summed E-state index contributed by atoms with van der Waals surface area (Å²) in [7, 11) is -2.15. The van der Waals surface area contributed by atoms with Crippen LogP contribution >= 0.6 is 0 Å². The van der Waals surface area contributed by atoms with Crippen LogP contribution in [0.25, 0.3) is 0 Å². The van der Waals surface area contributed by atoms with Gasteiger partial charge in [0.2, 0.25) is 15.9 Å². The van der Waals surface area contributed by atoms with Crippen LogP contribution < -0.4 is 5.32 Å². The molecule has 1 heterocycles. The second-order valence-corrected chi connectivity index (χ2v) is 8.53. The third kappa shape index (κ3) is 5.06. The summed E-state index contributed by atoms with van der Waals surface area (Å²) in [6.45, 7) is 6.37. The summed E-state index contributed by atoms with van der Waals surface area (Å²) in [5, 5.41) is 2.48. The number of carbonyl (C=O) groups is 2. The lowest BCUT2D eigenvalue weighted by molar-refractivity contribution is -0.121. The minimum absolute atomic E-state index is 0.0462. The standard InChI is InChI=1S/C18H27N3O5S/c1-5-20(12-17(22)19-4)18(23)15-6-8-16(9-7-15)27(24,25)21-10-13(2)26-14(3)11-21/h6-9,13-14H,5,10-12H2,1-4H3,(H,19,22)/t13-,14-/m0/s1. The Morgan fingerprint density at radius 3 is 2.22 bits per heavy atom. The topological polar surface area (TPSA) is 96.0 Å². The highest BCUT2D eigenvalue weighted by Crippen LogP contribution is 2.21. The molecule has 9 heteroatoms. The zero-order valence-corrected chi connectivity index (χ0v) is 17.0. The van der Waals surface area contributed by atoms with Gasteiger partial charge in [0.1, 0.15) is 0 Å². The van der Waals surface area contributed by atoms with Gasteiger partial charge >= 0.3 is 0 Å². The molecular formula is C18H27N3O5S.